The maximum absolute atomic E-state index is 12.4. The molecule has 0 heterocycles. The summed E-state index contributed by atoms with van der Waals surface area (Å²) >= 11 is 0. The molecule has 0 aromatic carbocycles. The minimum Gasteiger partial charge on any atom is -0.497 e. The molecular weight excluding hydrogens is 361 g/mol. The van der Waals surface area contributed by atoms with Crippen molar-refractivity contribution in [2.75, 3.05) is 6.61 Å². The second-order valence-corrected chi connectivity index (χ2v) is 6.71. The summed E-state index contributed by atoms with van der Waals surface area (Å²) in [5.41, 5.74) is 0.207. The van der Waals surface area contributed by atoms with Crippen LogP contribution in [0, 0.1) is 5.92 Å². The van der Waals surface area contributed by atoms with Crippen molar-refractivity contribution in [2.45, 2.75) is 46.6 Å². The summed E-state index contributed by atoms with van der Waals surface area (Å²) in [6.45, 7) is 8.11. The number of hydrogen-bond acceptors (Lipinski definition) is 5. The van der Waals surface area contributed by atoms with Crippen molar-refractivity contribution in [1.29, 1.82) is 0 Å². The van der Waals surface area contributed by atoms with Crippen LogP contribution in [0.25, 0.3) is 0 Å². The monoisotopic (exact) mass is 389 g/mol. The van der Waals surface area contributed by atoms with Crippen LogP contribution >= 0.6 is 0 Å². The Labute approximate surface area is 165 Å². The Bertz CT molecular complexity index is 727. The molecule has 0 bridgehead atoms. The second-order valence-electron chi connectivity index (χ2n) is 6.71. The third kappa shape index (κ3) is 8.75. The fraction of sp³-hybridized carbons (Fsp3) is 0.409. The predicted octanol–water partition coefficient (Wildman–Crippen LogP) is 4.78. The van der Waals surface area contributed by atoms with E-state index in [1.54, 1.807) is 6.08 Å². The van der Waals surface area contributed by atoms with Crippen molar-refractivity contribution in [2.24, 2.45) is 10.9 Å². The van der Waals surface area contributed by atoms with Gasteiger partial charge in [-0.1, -0.05) is 38.2 Å². The number of carbonyl (C=O) groups is 2. The topological polar surface area (TPSA) is 65.0 Å². The third-order valence-corrected chi connectivity index (χ3v) is 3.70. The van der Waals surface area contributed by atoms with Crippen LogP contribution in [-0.2, 0) is 19.3 Å². The van der Waals surface area contributed by atoms with Gasteiger partial charge in [-0.05, 0) is 38.5 Å². The van der Waals surface area contributed by atoms with E-state index in [1.807, 2.05) is 45.1 Å². The van der Waals surface area contributed by atoms with E-state index in [0.717, 1.165) is 6.42 Å². The maximum Gasteiger partial charge on any atom is 0.376 e. The Balaban J connectivity index is 2.91. The van der Waals surface area contributed by atoms with Crippen molar-refractivity contribution in [3.63, 3.8) is 0 Å². The first kappa shape index (κ1) is 23.3. The summed E-state index contributed by atoms with van der Waals surface area (Å²) in [5, 5.41) is 0. The Morgan fingerprint density at radius 2 is 2.00 bits per heavy atom. The van der Waals surface area contributed by atoms with Crippen LogP contribution in [-0.4, -0.2) is 30.6 Å². The number of ether oxygens (including phenoxy) is 1. The minimum absolute atomic E-state index is 0.00197. The highest BCUT2D eigenvalue weighted by molar-refractivity contribution is 6.36. The van der Waals surface area contributed by atoms with Gasteiger partial charge in [-0.3, -0.25) is 9.79 Å². The molecule has 0 aromatic rings. The van der Waals surface area contributed by atoms with E-state index in [-0.39, 0.29) is 35.3 Å². The van der Waals surface area contributed by atoms with Crippen molar-refractivity contribution in [3.8, 4) is 0 Å². The van der Waals surface area contributed by atoms with Crippen LogP contribution in [0.5, 0.6) is 0 Å². The molecule has 28 heavy (non-hydrogen) atoms. The first-order valence-corrected chi connectivity index (χ1v) is 9.35. The molecule has 0 spiro atoms. The van der Waals surface area contributed by atoms with Gasteiger partial charge in [0.2, 0.25) is 5.78 Å². The number of aliphatic imine (C=N–C) groups is 1. The molecule has 0 saturated carbocycles. The Kier molecular flexibility index (Phi) is 10.5. The van der Waals surface area contributed by atoms with E-state index >= 15 is 0 Å². The number of ketones is 1. The molecule has 0 fully saturated rings. The SMILES string of the molecule is CC/C=C\C=C/C(C)COC1=CC=C(C(=O)/C=N/C(C)C)C=C(C(=O)OF)C1. The minimum atomic E-state index is -1.14. The molecular formula is C22H28FNO4. The normalized spacial score (nSPS) is 16.1. The lowest BCUT2D eigenvalue weighted by Gasteiger charge is -2.12. The third-order valence-electron chi connectivity index (χ3n) is 3.70. The number of nitrogens with zero attached hydrogens (tertiary/aromatic N) is 1. The van der Waals surface area contributed by atoms with Gasteiger partial charge in [-0.25, -0.2) is 9.74 Å². The lowest BCUT2D eigenvalue weighted by atomic mass is 10.1. The van der Waals surface area contributed by atoms with Gasteiger partial charge in [-0.2, -0.15) is 0 Å². The van der Waals surface area contributed by atoms with Crippen molar-refractivity contribution < 1.29 is 23.8 Å². The van der Waals surface area contributed by atoms with Gasteiger partial charge < -0.3 is 4.74 Å². The van der Waals surface area contributed by atoms with E-state index in [1.165, 1.54) is 18.4 Å². The average Bonchev–Trinajstić information content (AvgIpc) is 2.90. The molecule has 0 N–H and O–H groups in total. The Hall–Kier alpha value is -2.76. The van der Waals surface area contributed by atoms with Crippen LogP contribution in [0.3, 0.4) is 0 Å². The van der Waals surface area contributed by atoms with Crippen molar-refractivity contribution in [1.82, 2.24) is 0 Å². The molecule has 0 aliphatic heterocycles. The summed E-state index contributed by atoms with van der Waals surface area (Å²) in [6, 6.07) is -0.0364. The molecule has 0 saturated heterocycles. The van der Waals surface area contributed by atoms with Gasteiger partial charge >= 0.3 is 5.97 Å². The molecule has 0 radical (unpaired) electrons. The van der Waals surface area contributed by atoms with Gasteiger partial charge in [0.05, 0.1) is 12.8 Å². The van der Waals surface area contributed by atoms with Crippen molar-refractivity contribution in [3.05, 3.63) is 59.4 Å². The number of carbonyl (C=O) groups excluding carboxylic acids is 2. The molecule has 1 aliphatic rings. The highest BCUT2D eigenvalue weighted by Gasteiger charge is 2.20. The first-order chi connectivity index (χ1) is 13.4. The van der Waals surface area contributed by atoms with E-state index in [0.29, 0.717) is 12.4 Å². The van der Waals surface area contributed by atoms with Crippen LogP contribution < -0.4 is 0 Å². The number of halogens is 1. The largest absolute Gasteiger partial charge is 0.497 e. The zero-order valence-corrected chi connectivity index (χ0v) is 16.9. The molecule has 5 nitrogen and oxygen atoms in total. The van der Waals surface area contributed by atoms with Gasteiger partial charge in [0.15, 0.2) is 0 Å². The molecule has 152 valence electrons. The van der Waals surface area contributed by atoms with Gasteiger partial charge in [0, 0.05) is 34.1 Å². The van der Waals surface area contributed by atoms with E-state index in [2.05, 4.69) is 16.9 Å². The molecule has 1 aliphatic carbocycles. The number of Topliss-reactive ketones (excluding diaryl/α,β-unsaturated/α-hetero) is 1. The van der Waals surface area contributed by atoms with E-state index in [9.17, 15) is 14.1 Å². The van der Waals surface area contributed by atoms with Crippen molar-refractivity contribution >= 4 is 18.0 Å². The molecule has 0 aromatic heterocycles. The summed E-state index contributed by atoms with van der Waals surface area (Å²) in [5.74, 6) is -0.943. The lowest BCUT2D eigenvalue weighted by Crippen LogP contribution is -2.09. The van der Waals surface area contributed by atoms with Gasteiger partial charge in [0.1, 0.15) is 5.76 Å². The standard InChI is InChI=1S/C22H28FNO4/c1-5-6-7-8-9-17(4)15-27-20-11-10-18(21(25)14-24-16(2)3)12-19(13-20)22(26)28-23/h6-12,14,16-17H,5,13,15H2,1-4H3/b7-6-,9-8-,24-14+. The molecule has 6 heteroatoms. The zero-order valence-electron chi connectivity index (χ0n) is 16.9. The van der Waals surface area contributed by atoms with Crippen LogP contribution in [0.4, 0.5) is 4.53 Å². The Morgan fingerprint density at radius 3 is 2.64 bits per heavy atom. The fourth-order valence-electron chi connectivity index (χ4n) is 2.20. The lowest BCUT2D eigenvalue weighted by molar-refractivity contribution is -0.178. The predicted molar refractivity (Wildman–Crippen MR) is 108 cm³/mol. The summed E-state index contributed by atoms with van der Waals surface area (Å²) in [7, 11) is 0. The van der Waals surface area contributed by atoms with Crippen LogP contribution in [0.15, 0.2) is 64.4 Å². The number of hydrogen-bond donors (Lipinski definition) is 0. The highest BCUT2D eigenvalue weighted by atomic mass is 19.3. The van der Waals surface area contributed by atoms with Gasteiger partial charge in [-0.15, -0.1) is 0 Å². The molecule has 0 amide bonds. The number of rotatable bonds is 10. The smallest absolute Gasteiger partial charge is 0.376 e. The number of allylic oxidation sites excluding steroid dienone is 8. The van der Waals surface area contributed by atoms with Gasteiger partial charge in [0.25, 0.3) is 0 Å². The van der Waals surface area contributed by atoms with Crippen LogP contribution in [0.2, 0.25) is 0 Å². The fourth-order valence-corrected chi connectivity index (χ4v) is 2.20. The van der Waals surface area contributed by atoms with E-state index < -0.39 is 5.97 Å². The summed E-state index contributed by atoms with van der Waals surface area (Å²) < 4.78 is 18.2. The zero-order chi connectivity index (χ0) is 20.9. The van der Waals surface area contributed by atoms with Crippen LogP contribution in [0.1, 0.15) is 40.5 Å². The molecule has 1 rings (SSSR count). The molecule has 1 unspecified atom stereocenters. The molecule has 1 atom stereocenters. The maximum atomic E-state index is 12.4. The average molecular weight is 389 g/mol. The Morgan fingerprint density at radius 1 is 1.25 bits per heavy atom. The quantitative estimate of drug-likeness (QED) is 0.398. The highest BCUT2D eigenvalue weighted by Crippen LogP contribution is 2.21. The first-order valence-electron chi connectivity index (χ1n) is 9.35. The van der Waals surface area contributed by atoms with E-state index in [4.69, 9.17) is 4.74 Å². The summed E-state index contributed by atoms with van der Waals surface area (Å²) in [6.07, 6.45) is 14.6. The summed E-state index contributed by atoms with van der Waals surface area (Å²) in [4.78, 5) is 31.3. The second kappa shape index (κ2) is 12.6.